The van der Waals surface area contributed by atoms with Crippen molar-refractivity contribution in [3.63, 3.8) is 0 Å². The first-order valence-electron chi connectivity index (χ1n) is 6.49. The molecule has 2 aromatic rings. The average Bonchev–Trinajstić information content (AvgIpc) is 2.47. The maximum Gasteiger partial charge on any atom is 0.0909 e. The van der Waals surface area contributed by atoms with Crippen molar-refractivity contribution in [3.8, 4) is 0 Å². The highest BCUT2D eigenvalue weighted by molar-refractivity contribution is 7.99. The largest absolute Gasteiger partial charge is 0.387 e. The van der Waals surface area contributed by atoms with Crippen molar-refractivity contribution >= 4 is 22.7 Å². The number of thioether (sulfide) groups is 1. The number of nitrogens with zero attached hydrogens (tertiary/aromatic N) is 1. The lowest BCUT2D eigenvalue weighted by molar-refractivity contribution is 0.169. The number of fused-ring (bicyclic) bond motifs is 1. The molecule has 0 spiro atoms. The van der Waals surface area contributed by atoms with Crippen molar-refractivity contribution in [1.29, 1.82) is 0 Å². The molecule has 1 fully saturated rings. The number of benzene rings is 1. The van der Waals surface area contributed by atoms with Crippen LogP contribution in [-0.4, -0.2) is 21.1 Å². The van der Waals surface area contributed by atoms with E-state index in [0.717, 1.165) is 22.9 Å². The van der Waals surface area contributed by atoms with Gasteiger partial charge in [-0.2, -0.15) is 11.8 Å². The molecule has 1 aliphatic rings. The monoisotopic (exact) mass is 259 g/mol. The maximum absolute atomic E-state index is 10.5. The van der Waals surface area contributed by atoms with Gasteiger partial charge in [0, 0.05) is 16.8 Å². The first kappa shape index (κ1) is 12.0. The second-order valence-corrected chi connectivity index (χ2v) is 6.15. The van der Waals surface area contributed by atoms with Crippen molar-refractivity contribution in [2.45, 2.75) is 30.6 Å². The normalized spacial score (nSPS) is 21.9. The van der Waals surface area contributed by atoms with Gasteiger partial charge in [-0.1, -0.05) is 24.6 Å². The highest BCUT2D eigenvalue weighted by Gasteiger charge is 2.23. The summed E-state index contributed by atoms with van der Waals surface area (Å²) in [5.41, 5.74) is 1.97. The van der Waals surface area contributed by atoms with E-state index in [1.807, 2.05) is 42.1 Å². The van der Waals surface area contributed by atoms with Gasteiger partial charge in [-0.3, -0.25) is 4.98 Å². The Morgan fingerprint density at radius 1 is 1.28 bits per heavy atom. The van der Waals surface area contributed by atoms with Crippen LogP contribution in [0.3, 0.4) is 0 Å². The highest BCUT2D eigenvalue weighted by atomic mass is 32.2. The Bertz CT molecular complexity index is 537. The van der Waals surface area contributed by atoms with Crippen molar-refractivity contribution in [1.82, 2.24) is 4.98 Å². The molecule has 0 aliphatic carbocycles. The molecule has 94 valence electrons. The van der Waals surface area contributed by atoms with Crippen LogP contribution in [0, 0.1) is 0 Å². The van der Waals surface area contributed by atoms with E-state index < -0.39 is 0 Å². The van der Waals surface area contributed by atoms with Gasteiger partial charge in [0.1, 0.15) is 0 Å². The summed E-state index contributed by atoms with van der Waals surface area (Å²) in [7, 11) is 0. The van der Waals surface area contributed by atoms with Gasteiger partial charge < -0.3 is 5.11 Å². The first-order valence-corrected chi connectivity index (χ1v) is 7.54. The van der Waals surface area contributed by atoms with Crippen LogP contribution in [0.1, 0.15) is 30.9 Å². The Hall–Kier alpha value is -1.06. The molecule has 0 saturated carbocycles. The summed E-state index contributed by atoms with van der Waals surface area (Å²) in [4.78, 5) is 4.35. The lowest BCUT2D eigenvalue weighted by atomic mass is 10.0. The number of hydrogen-bond donors (Lipinski definition) is 1. The third kappa shape index (κ3) is 2.38. The summed E-state index contributed by atoms with van der Waals surface area (Å²) < 4.78 is 0. The van der Waals surface area contributed by atoms with Crippen LogP contribution < -0.4 is 0 Å². The van der Waals surface area contributed by atoms with Gasteiger partial charge >= 0.3 is 0 Å². The fraction of sp³-hybridized carbons (Fsp3) is 0.400. The van der Waals surface area contributed by atoms with Crippen molar-refractivity contribution < 1.29 is 5.11 Å². The SMILES string of the molecule is OC(c1ccc2cccnc2c1)C1CCCCS1. The fourth-order valence-corrected chi connectivity index (χ4v) is 3.84. The number of rotatable bonds is 2. The second kappa shape index (κ2) is 5.29. The van der Waals surface area contributed by atoms with E-state index in [2.05, 4.69) is 4.98 Å². The molecule has 1 N–H and O–H groups in total. The molecule has 3 rings (SSSR count). The lowest BCUT2D eigenvalue weighted by Gasteiger charge is -2.26. The Labute approximate surface area is 111 Å². The fourth-order valence-electron chi connectivity index (χ4n) is 2.50. The third-order valence-electron chi connectivity index (χ3n) is 3.54. The summed E-state index contributed by atoms with van der Waals surface area (Å²) in [6, 6.07) is 10.1. The van der Waals surface area contributed by atoms with Crippen LogP contribution in [0.4, 0.5) is 0 Å². The number of aliphatic hydroxyl groups is 1. The average molecular weight is 259 g/mol. The van der Waals surface area contributed by atoms with Crippen molar-refractivity contribution in [2.75, 3.05) is 5.75 Å². The van der Waals surface area contributed by atoms with Crippen LogP contribution in [0.2, 0.25) is 0 Å². The molecule has 18 heavy (non-hydrogen) atoms. The van der Waals surface area contributed by atoms with Gasteiger partial charge in [0.05, 0.1) is 11.6 Å². The molecule has 0 amide bonds. The lowest BCUT2D eigenvalue weighted by Crippen LogP contribution is -2.18. The number of aliphatic hydroxyl groups excluding tert-OH is 1. The van der Waals surface area contributed by atoms with Crippen molar-refractivity contribution in [2.24, 2.45) is 0 Å². The molecule has 1 saturated heterocycles. The van der Waals surface area contributed by atoms with Gasteiger partial charge in [0.25, 0.3) is 0 Å². The molecular weight excluding hydrogens is 242 g/mol. The molecule has 1 aliphatic heterocycles. The van der Waals surface area contributed by atoms with Gasteiger partial charge in [0.2, 0.25) is 0 Å². The molecule has 2 unspecified atom stereocenters. The summed E-state index contributed by atoms with van der Waals surface area (Å²) in [5, 5.41) is 11.9. The van der Waals surface area contributed by atoms with Gasteiger partial charge in [-0.05, 0) is 36.3 Å². The van der Waals surface area contributed by atoms with E-state index in [-0.39, 0.29) is 6.10 Å². The quantitative estimate of drug-likeness (QED) is 0.895. The number of hydrogen-bond acceptors (Lipinski definition) is 3. The summed E-state index contributed by atoms with van der Waals surface area (Å²) in [6.07, 6.45) is 5.08. The first-order chi connectivity index (χ1) is 8.84. The minimum atomic E-state index is -0.360. The molecule has 0 radical (unpaired) electrons. The summed E-state index contributed by atoms with van der Waals surface area (Å²) in [6.45, 7) is 0. The summed E-state index contributed by atoms with van der Waals surface area (Å²) >= 11 is 1.90. The van der Waals surface area contributed by atoms with E-state index in [1.165, 1.54) is 18.6 Å². The Kier molecular flexibility index (Phi) is 3.52. The summed E-state index contributed by atoms with van der Waals surface area (Å²) in [5.74, 6) is 1.17. The molecule has 1 aromatic heterocycles. The predicted molar refractivity (Wildman–Crippen MR) is 76.8 cm³/mol. The van der Waals surface area contributed by atoms with E-state index in [4.69, 9.17) is 0 Å². The molecule has 3 heteroatoms. The third-order valence-corrected chi connectivity index (χ3v) is 4.98. The standard InChI is InChI=1S/C15H17NOS/c17-15(14-5-1-2-9-18-14)12-7-6-11-4-3-8-16-13(11)10-12/h3-4,6-8,10,14-15,17H,1-2,5,9H2. The van der Waals surface area contributed by atoms with Crippen LogP contribution in [0.25, 0.3) is 10.9 Å². The van der Waals surface area contributed by atoms with E-state index in [9.17, 15) is 5.11 Å². The molecule has 2 heterocycles. The Morgan fingerprint density at radius 2 is 2.22 bits per heavy atom. The van der Waals surface area contributed by atoms with E-state index in [1.54, 1.807) is 6.20 Å². The maximum atomic E-state index is 10.5. The molecule has 1 aromatic carbocycles. The predicted octanol–water partition coefficient (Wildman–Crippen LogP) is 3.55. The minimum absolute atomic E-state index is 0.347. The molecule has 2 nitrogen and oxygen atoms in total. The van der Waals surface area contributed by atoms with E-state index >= 15 is 0 Å². The Morgan fingerprint density at radius 3 is 3.06 bits per heavy atom. The topological polar surface area (TPSA) is 33.1 Å². The number of aromatic nitrogens is 1. The molecule has 0 bridgehead atoms. The number of pyridine rings is 1. The van der Waals surface area contributed by atoms with Gasteiger partial charge in [-0.15, -0.1) is 0 Å². The van der Waals surface area contributed by atoms with Crippen LogP contribution in [-0.2, 0) is 0 Å². The van der Waals surface area contributed by atoms with Crippen LogP contribution in [0.5, 0.6) is 0 Å². The zero-order valence-electron chi connectivity index (χ0n) is 10.2. The van der Waals surface area contributed by atoms with Gasteiger partial charge in [0.15, 0.2) is 0 Å². The van der Waals surface area contributed by atoms with Crippen LogP contribution >= 0.6 is 11.8 Å². The highest BCUT2D eigenvalue weighted by Crippen LogP contribution is 2.35. The molecule has 2 atom stereocenters. The second-order valence-electron chi connectivity index (χ2n) is 4.81. The zero-order valence-corrected chi connectivity index (χ0v) is 11.1. The van der Waals surface area contributed by atoms with Crippen LogP contribution in [0.15, 0.2) is 36.5 Å². The van der Waals surface area contributed by atoms with Gasteiger partial charge in [-0.25, -0.2) is 0 Å². The Balaban J connectivity index is 1.88. The molecular formula is C15H17NOS. The van der Waals surface area contributed by atoms with E-state index in [0.29, 0.717) is 5.25 Å². The smallest absolute Gasteiger partial charge is 0.0909 e. The van der Waals surface area contributed by atoms with Crippen molar-refractivity contribution in [3.05, 3.63) is 42.1 Å². The minimum Gasteiger partial charge on any atom is -0.387 e. The zero-order chi connectivity index (χ0) is 12.4.